The van der Waals surface area contributed by atoms with Gasteiger partial charge in [0.25, 0.3) is 0 Å². The molecule has 0 saturated carbocycles. The minimum atomic E-state index is -0.897. The monoisotopic (exact) mass is 253 g/mol. The number of thiophene rings is 1. The molecule has 0 bridgehead atoms. The highest BCUT2D eigenvalue weighted by atomic mass is 35.5. The molecule has 1 N–H and O–H groups in total. The molecule has 16 heavy (non-hydrogen) atoms. The van der Waals surface area contributed by atoms with Crippen LogP contribution in [0.5, 0.6) is 0 Å². The van der Waals surface area contributed by atoms with Gasteiger partial charge in [-0.1, -0.05) is 17.7 Å². The maximum atomic E-state index is 11.2. The first-order valence-electron chi connectivity index (χ1n) is 4.56. The first-order valence-corrected chi connectivity index (χ1v) is 5.76. The molecule has 2 heterocycles. The molecule has 0 aliphatic heterocycles. The van der Waals surface area contributed by atoms with Crippen LogP contribution in [0.3, 0.4) is 0 Å². The van der Waals surface area contributed by atoms with E-state index in [4.69, 9.17) is 11.6 Å². The molecule has 5 heteroatoms. The quantitative estimate of drug-likeness (QED) is 0.915. The molecule has 1 atom stereocenters. The Morgan fingerprint density at radius 2 is 2.25 bits per heavy atom. The lowest BCUT2D eigenvalue weighted by Gasteiger charge is -2.09. The van der Waals surface area contributed by atoms with E-state index >= 15 is 0 Å². The molecular formula is C11H8ClNO2S. The van der Waals surface area contributed by atoms with Gasteiger partial charge in [0.15, 0.2) is 0 Å². The summed E-state index contributed by atoms with van der Waals surface area (Å²) in [5.74, 6) is -1.59. The maximum absolute atomic E-state index is 11.2. The second-order valence-electron chi connectivity index (χ2n) is 3.20. The molecule has 0 saturated heterocycles. The highest BCUT2D eigenvalue weighted by molar-refractivity contribution is 7.16. The zero-order valence-electron chi connectivity index (χ0n) is 8.13. The molecule has 0 amide bonds. The number of rotatable bonds is 3. The van der Waals surface area contributed by atoms with Crippen molar-refractivity contribution < 1.29 is 9.90 Å². The van der Waals surface area contributed by atoms with E-state index in [1.165, 1.54) is 11.3 Å². The second-order valence-corrected chi connectivity index (χ2v) is 4.95. The van der Waals surface area contributed by atoms with Crippen LogP contribution in [-0.4, -0.2) is 16.1 Å². The lowest BCUT2D eigenvalue weighted by molar-refractivity contribution is -0.137. The highest BCUT2D eigenvalue weighted by Crippen LogP contribution is 2.32. The third-order valence-electron chi connectivity index (χ3n) is 2.14. The van der Waals surface area contributed by atoms with Crippen molar-refractivity contribution in [2.45, 2.75) is 5.92 Å². The summed E-state index contributed by atoms with van der Waals surface area (Å²) in [6.45, 7) is 0. The highest BCUT2D eigenvalue weighted by Gasteiger charge is 2.23. The van der Waals surface area contributed by atoms with E-state index in [1.54, 1.807) is 36.7 Å². The number of carboxylic acid groups (broad SMARTS) is 1. The van der Waals surface area contributed by atoms with Crippen LogP contribution in [0.15, 0.2) is 36.7 Å². The predicted molar refractivity (Wildman–Crippen MR) is 63.0 cm³/mol. The number of nitrogens with zero attached hydrogens (tertiary/aromatic N) is 1. The Morgan fingerprint density at radius 3 is 2.75 bits per heavy atom. The Balaban J connectivity index is 2.43. The summed E-state index contributed by atoms with van der Waals surface area (Å²) in [4.78, 5) is 15.9. The van der Waals surface area contributed by atoms with Crippen molar-refractivity contribution in [2.75, 3.05) is 0 Å². The molecule has 1 unspecified atom stereocenters. The number of aromatic nitrogens is 1. The van der Waals surface area contributed by atoms with Crippen molar-refractivity contribution in [3.63, 3.8) is 0 Å². The Bertz CT molecular complexity index is 498. The number of hydrogen-bond donors (Lipinski definition) is 1. The van der Waals surface area contributed by atoms with Gasteiger partial charge in [-0.25, -0.2) is 0 Å². The van der Waals surface area contributed by atoms with Gasteiger partial charge in [-0.05, 0) is 23.8 Å². The molecule has 0 spiro atoms. The molecule has 0 radical (unpaired) electrons. The number of aliphatic carboxylic acids is 1. The van der Waals surface area contributed by atoms with E-state index < -0.39 is 11.9 Å². The summed E-state index contributed by atoms with van der Waals surface area (Å²) >= 11 is 7.08. The van der Waals surface area contributed by atoms with Gasteiger partial charge < -0.3 is 5.11 Å². The van der Waals surface area contributed by atoms with E-state index in [0.717, 1.165) is 0 Å². The Labute approximate surface area is 101 Å². The summed E-state index contributed by atoms with van der Waals surface area (Å²) in [5, 5.41) is 9.23. The number of hydrogen-bond acceptors (Lipinski definition) is 3. The molecule has 2 rings (SSSR count). The first-order chi connectivity index (χ1) is 7.68. The molecule has 2 aromatic rings. The largest absolute Gasteiger partial charge is 0.481 e. The van der Waals surface area contributed by atoms with E-state index in [1.807, 2.05) is 0 Å². The predicted octanol–water partition coefficient (Wildman–Crippen LogP) is 3.01. The van der Waals surface area contributed by atoms with Crippen LogP contribution in [0, 0.1) is 0 Å². The van der Waals surface area contributed by atoms with Gasteiger partial charge in [-0.2, -0.15) is 0 Å². The van der Waals surface area contributed by atoms with Gasteiger partial charge in [-0.3, -0.25) is 9.78 Å². The minimum Gasteiger partial charge on any atom is -0.481 e. The molecule has 2 aromatic heterocycles. The average molecular weight is 254 g/mol. The Morgan fingerprint density at radius 1 is 1.44 bits per heavy atom. The van der Waals surface area contributed by atoms with E-state index in [2.05, 4.69) is 4.98 Å². The molecular weight excluding hydrogens is 246 g/mol. The lowest BCUT2D eigenvalue weighted by Crippen LogP contribution is -2.11. The average Bonchev–Trinajstić information content (AvgIpc) is 2.66. The number of carbonyl (C=O) groups is 1. The minimum absolute atomic E-state index is 0.588. The first kappa shape index (κ1) is 11.1. The van der Waals surface area contributed by atoms with Crippen molar-refractivity contribution in [1.82, 2.24) is 4.98 Å². The van der Waals surface area contributed by atoms with Crippen LogP contribution < -0.4 is 0 Å². The fourth-order valence-corrected chi connectivity index (χ4v) is 2.64. The summed E-state index contributed by atoms with van der Waals surface area (Å²) in [5.41, 5.74) is 0.661. The number of pyridine rings is 1. The Kier molecular flexibility index (Phi) is 3.22. The van der Waals surface area contributed by atoms with Gasteiger partial charge in [0.2, 0.25) is 0 Å². The van der Waals surface area contributed by atoms with Gasteiger partial charge in [0.1, 0.15) is 5.92 Å². The lowest BCUT2D eigenvalue weighted by atomic mass is 10.00. The van der Waals surface area contributed by atoms with E-state index in [-0.39, 0.29) is 0 Å². The van der Waals surface area contributed by atoms with E-state index in [0.29, 0.717) is 14.8 Å². The topological polar surface area (TPSA) is 50.2 Å². The Hall–Kier alpha value is -1.39. The number of carboxylic acids is 1. The summed E-state index contributed by atoms with van der Waals surface area (Å²) in [7, 11) is 0. The van der Waals surface area contributed by atoms with Gasteiger partial charge in [0.05, 0.1) is 4.34 Å². The molecule has 0 aliphatic rings. The normalized spacial score (nSPS) is 12.3. The van der Waals surface area contributed by atoms with Gasteiger partial charge in [-0.15, -0.1) is 11.3 Å². The van der Waals surface area contributed by atoms with Crippen LogP contribution in [0.1, 0.15) is 16.4 Å². The smallest absolute Gasteiger partial charge is 0.316 e. The van der Waals surface area contributed by atoms with Crippen LogP contribution in [0.4, 0.5) is 0 Å². The fraction of sp³-hybridized carbons (Fsp3) is 0.0909. The van der Waals surface area contributed by atoms with Crippen molar-refractivity contribution in [3.05, 3.63) is 51.4 Å². The maximum Gasteiger partial charge on any atom is 0.316 e. The molecule has 0 aliphatic carbocycles. The standard InChI is InChI=1S/C11H8ClNO2S/c12-9-4-3-8(16-9)10(11(14)15)7-2-1-5-13-6-7/h1-6,10H,(H,14,15). The third-order valence-corrected chi connectivity index (χ3v) is 3.44. The van der Waals surface area contributed by atoms with Crippen molar-refractivity contribution in [2.24, 2.45) is 0 Å². The van der Waals surface area contributed by atoms with Crippen LogP contribution in [-0.2, 0) is 4.79 Å². The van der Waals surface area contributed by atoms with Crippen LogP contribution in [0.2, 0.25) is 4.34 Å². The van der Waals surface area contributed by atoms with E-state index in [9.17, 15) is 9.90 Å². The van der Waals surface area contributed by atoms with Crippen molar-refractivity contribution >= 4 is 28.9 Å². The molecule has 3 nitrogen and oxygen atoms in total. The summed E-state index contributed by atoms with van der Waals surface area (Å²) in [6, 6.07) is 6.91. The zero-order chi connectivity index (χ0) is 11.5. The van der Waals surface area contributed by atoms with Crippen molar-refractivity contribution in [3.8, 4) is 0 Å². The molecule has 0 fully saturated rings. The third kappa shape index (κ3) is 2.23. The molecule has 0 aromatic carbocycles. The summed E-state index contributed by atoms with van der Waals surface area (Å²) < 4.78 is 0.588. The summed E-state index contributed by atoms with van der Waals surface area (Å²) in [6.07, 6.45) is 3.18. The van der Waals surface area contributed by atoms with Gasteiger partial charge >= 0.3 is 5.97 Å². The fourth-order valence-electron chi connectivity index (χ4n) is 1.46. The second kappa shape index (κ2) is 4.63. The van der Waals surface area contributed by atoms with Crippen LogP contribution >= 0.6 is 22.9 Å². The number of halogens is 1. The van der Waals surface area contributed by atoms with Crippen molar-refractivity contribution in [1.29, 1.82) is 0 Å². The van der Waals surface area contributed by atoms with Gasteiger partial charge in [0, 0.05) is 17.3 Å². The molecule has 82 valence electrons. The SMILES string of the molecule is O=C(O)C(c1cccnc1)c1ccc(Cl)s1. The zero-order valence-corrected chi connectivity index (χ0v) is 9.70. The van der Waals surface area contributed by atoms with Crippen LogP contribution in [0.25, 0.3) is 0 Å².